The van der Waals surface area contributed by atoms with Crippen molar-refractivity contribution in [2.24, 2.45) is 0 Å². The number of aryl methyl sites for hydroxylation is 1. The van der Waals surface area contributed by atoms with Crippen LogP contribution in [0, 0.1) is 0 Å². The first-order chi connectivity index (χ1) is 9.19. The smallest absolute Gasteiger partial charge is 0.0102 e. The van der Waals surface area contributed by atoms with Crippen molar-refractivity contribution in [1.29, 1.82) is 0 Å². The van der Waals surface area contributed by atoms with Gasteiger partial charge in [0.1, 0.15) is 0 Å². The van der Waals surface area contributed by atoms with E-state index in [4.69, 9.17) is 0 Å². The highest BCUT2D eigenvalue weighted by Crippen LogP contribution is 2.34. The Morgan fingerprint density at radius 2 is 1.68 bits per heavy atom. The Labute approximate surface area is 115 Å². The molecular weight excluding hydrogens is 228 g/mol. The first kappa shape index (κ1) is 12.2. The van der Waals surface area contributed by atoms with Gasteiger partial charge in [0, 0.05) is 0 Å². The van der Waals surface area contributed by atoms with Gasteiger partial charge in [0.2, 0.25) is 0 Å². The normalized spacial score (nSPS) is 11.6. The predicted octanol–water partition coefficient (Wildman–Crippen LogP) is 5.63. The second-order valence-corrected chi connectivity index (χ2v) is 5.61. The van der Waals surface area contributed by atoms with E-state index in [2.05, 4.69) is 69.3 Å². The molecule has 0 amide bonds. The van der Waals surface area contributed by atoms with Crippen LogP contribution in [0.3, 0.4) is 0 Å². The third-order valence-corrected chi connectivity index (χ3v) is 4.00. The second-order valence-electron chi connectivity index (χ2n) is 5.61. The molecule has 0 heteroatoms. The van der Waals surface area contributed by atoms with Crippen molar-refractivity contribution in [3.05, 3.63) is 59.7 Å². The van der Waals surface area contributed by atoms with E-state index >= 15 is 0 Å². The Kier molecular flexibility index (Phi) is 3.02. The first-order valence-corrected chi connectivity index (χ1v) is 7.14. The molecule has 1 aromatic carbocycles. The van der Waals surface area contributed by atoms with E-state index in [0.717, 1.165) is 6.42 Å². The minimum absolute atomic E-state index is 0.578. The Morgan fingerprint density at radius 1 is 0.895 bits per heavy atom. The Bertz CT molecular complexity index is 692. The highest BCUT2D eigenvalue weighted by molar-refractivity contribution is 6.02. The molecule has 0 aliphatic heterocycles. The van der Waals surface area contributed by atoms with Gasteiger partial charge in [-0.1, -0.05) is 63.2 Å². The van der Waals surface area contributed by atoms with Crippen molar-refractivity contribution in [3.8, 4) is 11.1 Å². The number of hydrogen-bond acceptors (Lipinski definition) is 0. The summed E-state index contributed by atoms with van der Waals surface area (Å²) in [6, 6.07) is 18.2. The molecule has 0 radical (unpaired) electrons. The van der Waals surface area contributed by atoms with Gasteiger partial charge < -0.3 is 0 Å². The van der Waals surface area contributed by atoms with Crippen LogP contribution in [0.15, 0.2) is 48.5 Å². The zero-order chi connectivity index (χ0) is 13.4. The van der Waals surface area contributed by atoms with Crippen molar-refractivity contribution >= 4 is 10.8 Å². The molecule has 3 rings (SSSR count). The number of rotatable bonds is 2. The fraction of sp³-hybridized carbons (Fsp3) is 0.263. The average Bonchev–Trinajstić information content (AvgIpc) is 2.61. The van der Waals surface area contributed by atoms with Gasteiger partial charge in [-0.25, -0.2) is 0 Å². The van der Waals surface area contributed by atoms with Crippen molar-refractivity contribution in [2.45, 2.75) is 33.1 Å². The van der Waals surface area contributed by atoms with E-state index in [1.807, 2.05) is 0 Å². The monoisotopic (exact) mass is 248 g/mol. The van der Waals surface area contributed by atoms with Gasteiger partial charge in [-0.15, -0.1) is 0 Å². The molecule has 0 atom stereocenters. The summed E-state index contributed by atoms with van der Waals surface area (Å²) in [6.07, 6.45) is 1.10. The van der Waals surface area contributed by atoms with Gasteiger partial charge >= 0.3 is 0 Å². The van der Waals surface area contributed by atoms with Crippen molar-refractivity contribution < 1.29 is 0 Å². The minimum Gasteiger partial charge on any atom is -0.0613 e. The molecule has 0 unspecified atom stereocenters. The maximum absolute atomic E-state index is 2.34. The van der Waals surface area contributed by atoms with E-state index in [-0.39, 0.29) is 0 Å². The van der Waals surface area contributed by atoms with Crippen LogP contribution in [0.1, 0.15) is 37.8 Å². The summed E-state index contributed by atoms with van der Waals surface area (Å²) in [7, 11) is 0. The number of fused-ring (bicyclic) bond motifs is 3. The molecule has 0 nitrogen and oxygen atoms in total. The molecule has 0 heterocycles. The zero-order valence-corrected chi connectivity index (χ0v) is 11.9. The summed E-state index contributed by atoms with van der Waals surface area (Å²) >= 11 is 0. The van der Waals surface area contributed by atoms with Gasteiger partial charge in [0.05, 0.1) is 0 Å². The fourth-order valence-electron chi connectivity index (χ4n) is 2.71. The van der Waals surface area contributed by atoms with Gasteiger partial charge in [-0.05, 0) is 51.4 Å². The van der Waals surface area contributed by atoms with Gasteiger partial charge in [-0.3, -0.25) is 0 Å². The Balaban J connectivity index is 2.27. The summed E-state index contributed by atoms with van der Waals surface area (Å²) in [5.74, 6) is 0.578. The van der Waals surface area contributed by atoms with E-state index in [9.17, 15) is 0 Å². The standard InChI is InChI=1S/C19H20/c1-4-14-5-6-17-12-16-8-7-15(13(2)3)9-10-18(16)19(17)11-14/h5-13H,4H2,1-3H3. The molecule has 1 aromatic rings. The van der Waals surface area contributed by atoms with E-state index < -0.39 is 0 Å². The number of hydrogen-bond donors (Lipinski definition) is 0. The van der Waals surface area contributed by atoms with Gasteiger partial charge in [0.25, 0.3) is 0 Å². The lowest BCUT2D eigenvalue weighted by molar-refractivity contribution is 0.868. The minimum atomic E-state index is 0.578. The van der Waals surface area contributed by atoms with Crippen molar-refractivity contribution in [1.82, 2.24) is 0 Å². The van der Waals surface area contributed by atoms with Crippen LogP contribution in [0.2, 0.25) is 0 Å². The lowest BCUT2D eigenvalue weighted by Gasteiger charge is -2.00. The quantitative estimate of drug-likeness (QED) is 0.551. The highest BCUT2D eigenvalue weighted by atomic mass is 14.1. The fourth-order valence-corrected chi connectivity index (χ4v) is 2.71. The molecule has 19 heavy (non-hydrogen) atoms. The highest BCUT2D eigenvalue weighted by Gasteiger charge is 2.09. The topological polar surface area (TPSA) is 0 Å². The lowest BCUT2D eigenvalue weighted by Crippen LogP contribution is -1.81. The van der Waals surface area contributed by atoms with Gasteiger partial charge in [0.15, 0.2) is 0 Å². The third-order valence-electron chi connectivity index (χ3n) is 4.00. The largest absolute Gasteiger partial charge is 0.0613 e. The van der Waals surface area contributed by atoms with Crippen LogP contribution in [0.25, 0.3) is 21.9 Å². The van der Waals surface area contributed by atoms with Crippen LogP contribution >= 0.6 is 0 Å². The van der Waals surface area contributed by atoms with E-state index in [1.165, 1.54) is 33.0 Å². The molecule has 2 aliphatic rings. The molecular formula is C19H20. The summed E-state index contributed by atoms with van der Waals surface area (Å²) in [5.41, 5.74) is 5.53. The maximum atomic E-state index is 2.34. The van der Waals surface area contributed by atoms with E-state index in [1.54, 1.807) is 0 Å². The molecule has 0 bridgehead atoms. The Hall–Kier alpha value is -1.82. The molecule has 0 fully saturated rings. The molecule has 0 saturated carbocycles. The molecule has 0 N–H and O–H groups in total. The summed E-state index contributed by atoms with van der Waals surface area (Å²) < 4.78 is 0. The zero-order valence-electron chi connectivity index (χ0n) is 11.9. The third kappa shape index (κ3) is 2.12. The second kappa shape index (κ2) is 4.70. The van der Waals surface area contributed by atoms with Crippen LogP contribution < -0.4 is 0 Å². The van der Waals surface area contributed by atoms with E-state index in [0.29, 0.717) is 5.92 Å². The van der Waals surface area contributed by atoms with Crippen LogP contribution in [0.4, 0.5) is 0 Å². The average molecular weight is 248 g/mol. The lowest BCUT2D eigenvalue weighted by atomic mass is 10.1. The molecule has 0 spiro atoms. The summed E-state index contributed by atoms with van der Waals surface area (Å²) in [6.45, 7) is 6.70. The summed E-state index contributed by atoms with van der Waals surface area (Å²) in [4.78, 5) is 0. The van der Waals surface area contributed by atoms with Crippen LogP contribution in [-0.4, -0.2) is 0 Å². The predicted molar refractivity (Wildman–Crippen MR) is 84.0 cm³/mol. The van der Waals surface area contributed by atoms with Crippen LogP contribution in [0.5, 0.6) is 0 Å². The first-order valence-electron chi connectivity index (χ1n) is 7.14. The van der Waals surface area contributed by atoms with Gasteiger partial charge in [-0.2, -0.15) is 0 Å². The van der Waals surface area contributed by atoms with Crippen molar-refractivity contribution in [2.75, 3.05) is 0 Å². The van der Waals surface area contributed by atoms with Crippen molar-refractivity contribution in [3.63, 3.8) is 0 Å². The number of benzene rings is 1. The molecule has 0 aromatic heterocycles. The summed E-state index contributed by atoms with van der Waals surface area (Å²) in [5, 5.41) is 2.74. The molecule has 0 saturated heterocycles. The van der Waals surface area contributed by atoms with Crippen LogP contribution in [-0.2, 0) is 6.42 Å². The SMILES string of the molecule is CCc1ccc2cc3ccc(C(C)C)ccc-3c2c1. The Morgan fingerprint density at radius 3 is 2.42 bits per heavy atom. The maximum Gasteiger partial charge on any atom is -0.0102 e. The molecule has 96 valence electrons. The molecule has 2 aliphatic carbocycles.